The molecule has 3 N–H and O–H groups in total. The molecular formula is C28H37ClN4O4. The third-order valence-electron chi connectivity index (χ3n) is 8.25. The first-order valence-electron chi connectivity index (χ1n) is 12.8. The number of hydrogen-bond acceptors (Lipinski definition) is 4. The van der Waals surface area contributed by atoms with Crippen LogP contribution in [0.1, 0.15) is 57.6 Å². The van der Waals surface area contributed by atoms with Gasteiger partial charge in [0.2, 0.25) is 11.8 Å². The van der Waals surface area contributed by atoms with Gasteiger partial charge < -0.3 is 20.5 Å². The summed E-state index contributed by atoms with van der Waals surface area (Å²) in [6, 6.07) is 5.29. The Labute approximate surface area is 222 Å². The predicted octanol–water partition coefficient (Wildman–Crippen LogP) is 3.42. The molecule has 2 fully saturated rings. The van der Waals surface area contributed by atoms with Crippen LogP contribution in [0.2, 0.25) is 0 Å². The summed E-state index contributed by atoms with van der Waals surface area (Å²) in [7, 11) is 0. The maximum Gasteiger partial charge on any atom is 0.268 e. The molecule has 1 aliphatic heterocycles. The molecule has 5 atom stereocenters. The quantitative estimate of drug-likeness (QED) is 0.478. The lowest BCUT2D eigenvalue weighted by molar-refractivity contribution is -0.144. The van der Waals surface area contributed by atoms with Crippen molar-refractivity contribution in [3.63, 3.8) is 0 Å². The Bertz CT molecular complexity index is 1260. The lowest BCUT2D eigenvalue weighted by Gasteiger charge is -2.37. The number of Topliss-reactive ketones (excluding diaryl/α,β-unsaturated/α-hetero) is 1. The number of amides is 3. The molecule has 0 unspecified atom stereocenters. The fraction of sp³-hybridized carbons (Fsp3) is 0.571. The van der Waals surface area contributed by atoms with E-state index in [1.807, 2.05) is 45.9 Å². The Hall–Kier alpha value is -2.87. The van der Waals surface area contributed by atoms with Crippen LogP contribution >= 0.6 is 11.6 Å². The molecule has 1 aromatic heterocycles. The van der Waals surface area contributed by atoms with E-state index in [0.29, 0.717) is 12.2 Å². The van der Waals surface area contributed by atoms with Gasteiger partial charge in [-0.2, -0.15) is 0 Å². The van der Waals surface area contributed by atoms with Gasteiger partial charge in [0.1, 0.15) is 17.8 Å². The summed E-state index contributed by atoms with van der Waals surface area (Å²) >= 11 is 5.67. The molecule has 2 heterocycles. The van der Waals surface area contributed by atoms with E-state index >= 15 is 0 Å². The van der Waals surface area contributed by atoms with Crippen LogP contribution in [0.25, 0.3) is 10.9 Å². The van der Waals surface area contributed by atoms with Crippen molar-refractivity contribution >= 4 is 46.0 Å². The lowest BCUT2D eigenvalue weighted by atomic mass is 9.85. The summed E-state index contributed by atoms with van der Waals surface area (Å²) in [6.45, 7) is 13.9. The molecule has 4 rings (SSSR count). The predicted molar refractivity (Wildman–Crippen MR) is 143 cm³/mol. The van der Waals surface area contributed by atoms with Gasteiger partial charge >= 0.3 is 0 Å². The van der Waals surface area contributed by atoms with Crippen LogP contribution in [-0.4, -0.2) is 63.9 Å². The van der Waals surface area contributed by atoms with Crippen molar-refractivity contribution in [3.8, 4) is 0 Å². The number of halogens is 1. The van der Waals surface area contributed by atoms with Gasteiger partial charge in [-0.05, 0) is 54.2 Å². The Balaban J connectivity index is 1.58. The number of aromatic amines is 1. The lowest BCUT2D eigenvalue weighted by Crippen LogP contribution is -2.60. The average molecular weight is 529 g/mol. The Morgan fingerprint density at radius 2 is 1.86 bits per heavy atom. The minimum absolute atomic E-state index is 0.0113. The molecule has 0 radical (unpaired) electrons. The summed E-state index contributed by atoms with van der Waals surface area (Å²) in [6.07, 6.45) is 0. The van der Waals surface area contributed by atoms with E-state index in [4.69, 9.17) is 11.6 Å². The van der Waals surface area contributed by atoms with E-state index in [2.05, 4.69) is 29.5 Å². The van der Waals surface area contributed by atoms with Crippen LogP contribution in [0.15, 0.2) is 24.3 Å². The van der Waals surface area contributed by atoms with Gasteiger partial charge in [-0.15, -0.1) is 11.6 Å². The number of benzene rings is 1. The molecule has 37 heavy (non-hydrogen) atoms. The van der Waals surface area contributed by atoms with Crippen molar-refractivity contribution in [1.82, 2.24) is 20.5 Å². The molecule has 1 aliphatic carbocycles. The van der Waals surface area contributed by atoms with E-state index in [9.17, 15) is 19.2 Å². The van der Waals surface area contributed by atoms with Gasteiger partial charge in [-0.3, -0.25) is 19.2 Å². The summed E-state index contributed by atoms with van der Waals surface area (Å²) in [5, 5.41) is 6.65. The van der Waals surface area contributed by atoms with E-state index in [-0.39, 0.29) is 46.6 Å². The number of H-pyrrole nitrogens is 1. The highest BCUT2D eigenvalue weighted by molar-refractivity contribution is 6.28. The van der Waals surface area contributed by atoms with Crippen LogP contribution < -0.4 is 10.6 Å². The number of carbonyl (C=O) groups excluding carboxylic acids is 4. The minimum atomic E-state index is -0.856. The number of ketones is 1. The van der Waals surface area contributed by atoms with Crippen LogP contribution in [0.4, 0.5) is 0 Å². The number of fused-ring (bicyclic) bond motifs is 2. The van der Waals surface area contributed by atoms with Crippen molar-refractivity contribution in [2.24, 2.45) is 22.7 Å². The molecule has 1 saturated heterocycles. The van der Waals surface area contributed by atoms with Crippen molar-refractivity contribution in [2.45, 2.75) is 66.6 Å². The van der Waals surface area contributed by atoms with Crippen molar-refractivity contribution in [1.29, 1.82) is 0 Å². The molecule has 200 valence electrons. The fourth-order valence-corrected chi connectivity index (χ4v) is 5.99. The largest absolute Gasteiger partial charge is 0.351 e. The smallest absolute Gasteiger partial charge is 0.268 e. The topological polar surface area (TPSA) is 111 Å². The number of aryl methyl sites for hydroxylation is 1. The van der Waals surface area contributed by atoms with Crippen LogP contribution in [-0.2, 0) is 14.4 Å². The maximum atomic E-state index is 14.0. The number of hydrogen-bond donors (Lipinski definition) is 3. The Kier molecular flexibility index (Phi) is 6.95. The van der Waals surface area contributed by atoms with E-state index in [1.54, 1.807) is 17.9 Å². The third-order valence-corrected chi connectivity index (χ3v) is 8.51. The van der Waals surface area contributed by atoms with E-state index in [0.717, 1.165) is 16.5 Å². The van der Waals surface area contributed by atoms with Crippen molar-refractivity contribution in [3.05, 3.63) is 35.5 Å². The van der Waals surface area contributed by atoms with Gasteiger partial charge in [0.25, 0.3) is 5.91 Å². The molecule has 2 aromatic rings. The minimum Gasteiger partial charge on any atom is -0.351 e. The first-order chi connectivity index (χ1) is 17.2. The number of nitrogens with zero attached hydrogens (tertiary/aromatic N) is 1. The van der Waals surface area contributed by atoms with Crippen LogP contribution in [0.3, 0.4) is 0 Å². The average Bonchev–Trinajstić information content (AvgIpc) is 3.22. The van der Waals surface area contributed by atoms with Crippen LogP contribution in [0.5, 0.6) is 0 Å². The fourth-order valence-electron chi connectivity index (χ4n) is 5.76. The number of aromatic nitrogens is 1. The summed E-state index contributed by atoms with van der Waals surface area (Å²) in [5.74, 6) is -1.35. The normalized spacial score (nSPS) is 23.8. The number of alkyl halides is 1. The summed E-state index contributed by atoms with van der Waals surface area (Å²) in [4.78, 5) is 57.4. The van der Waals surface area contributed by atoms with Crippen molar-refractivity contribution in [2.75, 3.05) is 12.4 Å². The highest BCUT2D eigenvalue weighted by atomic mass is 35.5. The molecule has 3 amide bonds. The molecule has 2 aliphatic rings. The van der Waals surface area contributed by atoms with Gasteiger partial charge in [0, 0.05) is 17.4 Å². The number of carbonyl (C=O) groups is 4. The molecule has 0 spiro atoms. The zero-order chi connectivity index (χ0) is 27.4. The highest BCUT2D eigenvalue weighted by Gasteiger charge is 2.69. The first kappa shape index (κ1) is 27.2. The molecular weight excluding hydrogens is 492 g/mol. The van der Waals surface area contributed by atoms with Gasteiger partial charge in [-0.25, -0.2) is 0 Å². The SMILES string of the molecule is Cc1cccc2[nH]c(C(=O)N[C@H](C(=O)N3C[C@H]4[C@@H]([C@H]3C(=O)N[C@@H](C)C(=O)CCl)C4(C)C)C(C)(C)C)cc12. The Morgan fingerprint density at radius 3 is 2.46 bits per heavy atom. The summed E-state index contributed by atoms with van der Waals surface area (Å²) in [5.41, 5.74) is 1.58. The highest BCUT2D eigenvalue weighted by Crippen LogP contribution is 2.65. The molecule has 1 saturated carbocycles. The molecule has 8 nitrogen and oxygen atoms in total. The second-order valence-electron chi connectivity index (χ2n) is 12.2. The maximum absolute atomic E-state index is 14.0. The van der Waals surface area contributed by atoms with E-state index < -0.39 is 23.5 Å². The van der Waals surface area contributed by atoms with Gasteiger partial charge in [-0.1, -0.05) is 46.8 Å². The monoisotopic (exact) mass is 528 g/mol. The second kappa shape index (κ2) is 9.46. The first-order valence-corrected chi connectivity index (χ1v) is 13.3. The zero-order valence-electron chi connectivity index (χ0n) is 22.6. The van der Waals surface area contributed by atoms with Gasteiger partial charge in [0.05, 0.1) is 11.9 Å². The van der Waals surface area contributed by atoms with Crippen molar-refractivity contribution < 1.29 is 19.2 Å². The van der Waals surface area contributed by atoms with Crippen LogP contribution in [0, 0.1) is 29.6 Å². The molecule has 9 heteroatoms. The standard InChI is InChI=1S/C28H37ClN4O4/c1-14-9-8-10-18-16(14)11-19(31-18)24(35)32-23(27(3,4)5)26(37)33-13-17-21(28(17,6)7)22(33)25(36)30-15(2)20(34)12-29/h8-11,15,17,21-23,31H,12-13H2,1-7H3,(H,30,36)(H,32,35)/t15-,17-,21-,22-,23+/m0/s1. The zero-order valence-corrected chi connectivity index (χ0v) is 23.3. The Morgan fingerprint density at radius 1 is 1.19 bits per heavy atom. The number of rotatable bonds is 7. The molecule has 1 aromatic carbocycles. The molecule has 0 bridgehead atoms. The van der Waals surface area contributed by atoms with Gasteiger partial charge in [0.15, 0.2) is 5.78 Å². The summed E-state index contributed by atoms with van der Waals surface area (Å²) < 4.78 is 0. The number of nitrogens with one attached hydrogen (secondary N) is 3. The number of likely N-dealkylation sites (tertiary alicyclic amines) is 1. The third kappa shape index (κ3) is 4.88. The van der Waals surface area contributed by atoms with E-state index in [1.165, 1.54) is 0 Å². The second-order valence-corrected chi connectivity index (χ2v) is 12.5. The number of piperidine rings is 1.